The molecule has 0 aliphatic rings. The van der Waals surface area contributed by atoms with Gasteiger partial charge in [-0.05, 0) is 46.1 Å². The van der Waals surface area contributed by atoms with Crippen LogP contribution in [0.2, 0.25) is 0 Å². The van der Waals surface area contributed by atoms with Gasteiger partial charge >= 0.3 is 12.0 Å². The summed E-state index contributed by atoms with van der Waals surface area (Å²) in [6, 6.07) is 3.68. The number of carbonyl (C=O) groups excluding carboxylic acids is 1. The molecule has 0 spiro atoms. The van der Waals surface area contributed by atoms with Crippen molar-refractivity contribution in [3.63, 3.8) is 0 Å². The largest absolute Gasteiger partial charge is 0.480 e. The molecular formula is C15H24N2O3S. The van der Waals surface area contributed by atoms with Crippen molar-refractivity contribution in [3.05, 3.63) is 22.4 Å². The molecule has 0 atom stereocenters. The van der Waals surface area contributed by atoms with Crippen molar-refractivity contribution in [2.24, 2.45) is 0 Å². The van der Waals surface area contributed by atoms with Crippen molar-refractivity contribution in [2.75, 3.05) is 6.54 Å². The van der Waals surface area contributed by atoms with Gasteiger partial charge in [0.05, 0.1) is 6.54 Å². The Hall–Kier alpha value is -1.56. The summed E-state index contributed by atoms with van der Waals surface area (Å²) >= 11 is 1.59. The molecule has 1 N–H and O–H groups in total. The molecule has 0 aromatic carbocycles. The van der Waals surface area contributed by atoms with Crippen LogP contribution in [0.4, 0.5) is 4.79 Å². The van der Waals surface area contributed by atoms with Gasteiger partial charge in [-0.1, -0.05) is 6.07 Å². The predicted molar refractivity (Wildman–Crippen MR) is 84.5 cm³/mol. The first-order valence-electron chi connectivity index (χ1n) is 6.95. The topological polar surface area (TPSA) is 60.9 Å². The van der Waals surface area contributed by atoms with Gasteiger partial charge in [0, 0.05) is 16.5 Å². The van der Waals surface area contributed by atoms with E-state index in [1.54, 1.807) is 16.2 Å². The fourth-order valence-electron chi connectivity index (χ4n) is 1.92. The average molecular weight is 312 g/mol. The zero-order valence-corrected chi connectivity index (χ0v) is 14.1. The summed E-state index contributed by atoms with van der Waals surface area (Å²) in [5, 5.41) is 11.0. The highest BCUT2D eigenvalue weighted by molar-refractivity contribution is 7.09. The van der Waals surface area contributed by atoms with E-state index in [4.69, 9.17) is 5.11 Å². The normalized spacial score (nSPS) is 11.5. The third kappa shape index (κ3) is 5.04. The molecule has 0 radical (unpaired) electrons. The highest BCUT2D eigenvalue weighted by atomic mass is 32.1. The lowest BCUT2D eigenvalue weighted by molar-refractivity contribution is -0.138. The van der Waals surface area contributed by atoms with E-state index in [2.05, 4.69) is 0 Å². The first-order chi connectivity index (χ1) is 9.62. The van der Waals surface area contributed by atoms with Gasteiger partial charge in [0.15, 0.2) is 0 Å². The number of carbonyl (C=O) groups is 2. The third-order valence-corrected chi connectivity index (χ3v) is 3.97. The maximum Gasteiger partial charge on any atom is 0.323 e. The quantitative estimate of drug-likeness (QED) is 0.907. The molecular weight excluding hydrogens is 288 g/mol. The van der Waals surface area contributed by atoms with Gasteiger partial charge in [-0.25, -0.2) is 4.79 Å². The van der Waals surface area contributed by atoms with Gasteiger partial charge in [-0.15, -0.1) is 11.3 Å². The van der Waals surface area contributed by atoms with E-state index in [0.717, 1.165) is 4.88 Å². The molecule has 1 heterocycles. The van der Waals surface area contributed by atoms with Crippen LogP contribution in [-0.2, 0) is 11.3 Å². The van der Waals surface area contributed by atoms with Crippen LogP contribution in [0.15, 0.2) is 17.5 Å². The first kappa shape index (κ1) is 17.5. The molecule has 0 saturated heterocycles. The fraction of sp³-hybridized carbons (Fsp3) is 0.600. The molecule has 0 aliphatic heterocycles. The zero-order valence-electron chi connectivity index (χ0n) is 13.3. The summed E-state index contributed by atoms with van der Waals surface area (Å²) in [4.78, 5) is 28.0. The second-order valence-electron chi connectivity index (χ2n) is 6.23. The van der Waals surface area contributed by atoms with Gasteiger partial charge in [0.1, 0.15) is 6.54 Å². The number of carboxylic acid groups (broad SMARTS) is 1. The second kappa shape index (κ2) is 6.93. The standard InChI is InChI=1S/C15H24N2O3S/c1-11(2)16(9-12-7-6-8-21-12)14(20)17(10-13(18)19)15(3,4)5/h6-8,11H,9-10H2,1-5H3,(H,18,19). The number of carboxylic acids is 1. The van der Waals surface area contributed by atoms with Gasteiger partial charge in [0.25, 0.3) is 0 Å². The van der Waals surface area contributed by atoms with Crippen LogP contribution in [0.25, 0.3) is 0 Å². The molecule has 118 valence electrons. The maximum atomic E-state index is 12.8. The fourth-order valence-corrected chi connectivity index (χ4v) is 2.63. The number of rotatable bonds is 5. The van der Waals surface area contributed by atoms with Crippen LogP contribution in [0.5, 0.6) is 0 Å². The molecule has 5 nitrogen and oxygen atoms in total. The van der Waals surface area contributed by atoms with Crippen molar-refractivity contribution >= 4 is 23.3 Å². The number of thiophene rings is 1. The Morgan fingerprint density at radius 3 is 2.33 bits per heavy atom. The molecule has 0 fully saturated rings. The zero-order chi connectivity index (χ0) is 16.2. The molecule has 0 saturated carbocycles. The number of urea groups is 1. The van der Waals surface area contributed by atoms with E-state index >= 15 is 0 Å². The SMILES string of the molecule is CC(C)N(Cc1cccs1)C(=O)N(CC(=O)O)C(C)(C)C. The average Bonchev–Trinajstić information content (AvgIpc) is 2.83. The minimum absolute atomic E-state index is 0.00163. The number of aliphatic carboxylic acids is 1. The highest BCUT2D eigenvalue weighted by Crippen LogP contribution is 2.20. The van der Waals surface area contributed by atoms with Gasteiger partial charge < -0.3 is 14.9 Å². The van der Waals surface area contributed by atoms with Crippen LogP contribution in [0.1, 0.15) is 39.5 Å². The number of hydrogen-bond acceptors (Lipinski definition) is 3. The van der Waals surface area contributed by atoms with Gasteiger partial charge in [0.2, 0.25) is 0 Å². The van der Waals surface area contributed by atoms with Crippen LogP contribution >= 0.6 is 11.3 Å². The highest BCUT2D eigenvalue weighted by Gasteiger charge is 2.32. The summed E-state index contributed by atoms with van der Waals surface area (Å²) in [6.45, 7) is 9.61. The monoisotopic (exact) mass is 312 g/mol. The van der Waals surface area contributed by atoms with Crippen LogP contribution < -0.4 is 0 Å². The lowest BCUT2D eigenvalue weighted by Gasteiger charge is -2.39. The van der Waals surface area contributed by atoms with Crippen molar-refractivity contribution in [3.8, 4) is 0 Å². The summed E-state index contributed by atoms with van der Waals surface area (Å²) in [6.07, 6.45) is 0. The van der Waals surface area contributed by atoms with Crippen molar-refractivity contribution < 1.29 is 14.7 Å². The summed E-state index contributed by atoms with van der Waals surface area (Å²) in [5.74, 6) is -1.00. The predicted octanol–water partition coefficient (Wildman–Crippen LogP) is 3.26. The van der Waals surface area contributed by atoms with E-state index in [1.165, 1.54) is 4.90 Å². The molecule has 1 aromatic heterocycles. The number of hydrogen-bond donors (Lipinski definition) is 1. The Bertz CT molecular complexity index is 478. The van der Waals surface area contributed by atoms with Crippen molar-refractivity contribution in [2.45, 2.75) is 52.7 Å². The van der Waals surface area contributed by atoms with E-state index < -0.39 is 11.5 Å². The lowest BCUT2D eigenvalue weighted by Crippen LogP contribution is -2.54. The molecule has 1 rings (SSSR count). The number of nitrogens with zero attached hydrogens (tertiary/aromatic N) is 2. The Morgan fingerprint density at radius 1 is 1.33 bits per heavy atom. The van der Waals surface area contributed by atoms with E-state index in [-0.39, 0.29) is 18.6 Å². The van der Waals surface area contributed by atoms with Crippen LogP contribution in [-0.4, -0.2) is 45.0 Å². The first-order valence-corrected chi connectivity index (χ1v) is 7.83. The van der Waals surface area contributed by atoms with E-state index in [9.17, 15) is 9.59 Å². The Balaban J connectivity index is 2.98. The summed E-state index contributed by atoms with van der Waals surface area (Å²) in [7, 11) is 0. The minimum atomic E-state index is -1.00. The van der Waals surface area contributed by atoms with Crippen LogP contribution in [0.3, 0.4) is 0 Å². The smallest absolute Gasteiger partial charge is 0.323 e. The Morgan fingerprint density at radius 2 is 1.95 bits per heavy atom. The van der Waals surface area contributed by atoms with Crippen molar-refractivity contribution in [1.29, 1.82) is 0 Å². The molecule has 1 aromatic rings. The maximum absolute atomic E-state index is 12.8. The minimum Gasteiger partial charge on any atom is -0.480 e. The van der Waals surface area contributed by atoms with E-state index in [0.29, 0.717) is 6.54 Å². The lowest BCUT2D eigenvalue weighted by atomic mass is 10.1. The summed E-state index contributed by atoms with van der Waals surface area (Å²) in [5.41, 5.74) is -0.544. The molecule has 0 bridgehead atoms. The molecule has 0 unspecified atom stereocenters. The molecule has 6 heteroatoms. The van der Waals surface area contributed by atoms with Gasteiger partial charge in [-0.2, -0.15) is 0 Å². The van der Waals surface area contributed by atoms with Gasteiger partial charge in [-0.3, -0.25) is 4.79 Å². The third-order valence-electron chi connectivity index (χ3n) is 3.11. The Labute approximate surface area is 130 Å². The van der Waals surface area contributed by atoms with Crippen molar-refractivity contribution in [1.82, 2.24) is 9.80 Å². The molecule has 0 aliphatic carbocycles. The summed E-state index contributed by atoms with van der Waals surface area (Å²) < 4.78 is 0. The van der Waals surface area contributed by atoms with Crippen LogP contribution in [0, 0.1) is 0 Å². The van der Waals surface area contributed by atoms with E-state index in [1.807, 2.05) is 52.1 Å². The molecule has 21 heavy (non-hydrogen) atoms. The molecule has 2 amide bonds. The Kier molecular flexibility index (Phi) is 5.78. The number of amides is 2. The second-order valence-corrected chi connectivity index (χ2v) is 7.27.